The van der Waals surface area contributed by atoms with Gasteiger partial charge in [0.2, 0.25) is 0 Å². The lowest BCUT2D eigenvalue weighted by Crippen LogP contribution is -2.11. The second-order valence-electron chi connectivity index (χ2n) is 5.44. The molecule has 1 nitrogen and oxygen atoms in total. The van der Waals surface area contributed by atoms with Crippen molar-refractivity contribution in [1.82, 2.24) is 0 Å². The lowest BCUT2D eigenvalue weighted by atomic mass is 9.88. The van der Waals surface area contributed by atoms with Gasteiger partial charge >= 0.3 is 0 Å². The summed E-state index contributed by atoms with van der Waals surface area (Å²) in [6.45, 7) is 6.68. The first-order chi connectivity index (χ1) is 7.59. The fourth-order valence-corrected chi connectivity index (χ4v) is 2.85. The zero-order valence-electron chi connectivity index (χ0n) is 10.5. The van der Waals surface area contributed by atoms with E-state index in [1.165, 1.54) is 23.1 Å². The smallest absolute Gasteiger partial charge is 0.0795 e. The van der Waals surface area contributed by atoms with E-state index in [1.807, 2.05) is 0 Å². The quantitative estimate of drug-likeness (QED) is 0.714. The van der Waals surface area contributed by atoms with Crippen LogP contribution < -0.4 is 0 Å². The molecule has 0 spiro atoms. The van der Waals surface area contributed by atoms with Crippen LogP contribution in [-0.4, -0.2) is 5.11 Å². The van der Waals surface area contributed by atoms with Crippen molar-refractivity contribution in [3.8, 4) is 0 Å². The molecule has 1 heteroatoms. The van der Waals surface area contributed by atoms with Gasteiger partial charge in [0.15, 0.2) is 0 Å². The fourth-order valence-electron chi connectivity index (χ4n) is 2.85. The van der Waals surface area contributed by atoms with Crippen molar-refractivity contribution >= 4 is 0 Å². The Morgan fingerprint density at radius 3 is 2.75 bits per heavy atom. The van der Waals surface area contributed by atoms with E-state index < -0.39 is 0 Å². The van der Waals surface area contributed by atoms with E-state index in [1.54, 1.807) is 0 Å². The molecule has 2 atom stereocenters. The van der Waals surface area contributed by atoms with E-state index >= 15 is 0 Å². The number of aliphatic hydroxyl groups excluding tert-OH is 1. The number of fused-ring (bicyclic) bond motifs is 1. The maximum Gasteiger partial charge on any atom is 0.0795 e. The van der Waals surface area contributed by atoms with Crippen LogP contribution in [0.5, 0.6) is 0 Å². The topological polar surface area (TPSA) is 20.2 Å². The zero-order valence-corrected chi connectivity index (χ0v) is 10.5. The third-order valence-electron chi connectivity index (χ3n) is 4.04. The molecule has 0 fully saturated rings. The zero-order chi connectivity index (χ0) is 11.7. The van der Waals surface area contributed by atoms with Crippen LogP contribution in [0.2, 0.25) is 0 Å². The van der Waals surface area contributed by atoms with Crippen LogP contribution in [0.15, 0.2) is 18.2 Å². The average molecular weight is 218 g/mol. The highest BCUT2D eigenvalue weighted by Gasteiger charge is 2.25. The summed E-state index contributed by atoms with van der Waals surface area (Å²) in [5.74, 6) is 1.33. The first-order valence-corrected chi connectivity index (χ1v) is 6.36. The molecule has 1 aromatic rings. The molecular weight excluding hydrogens is 196 g/mol. The van der Waals surface area contributed by atoms with E-state index in [-0.39, 0.29) is 6.10 Å². The molecule has 0 saturated carbocycles. The van der Waals surface area contributed by atoms with Crippen LogP contribution in [0.4, 0.5) is 0 Å². The van der Waals surface area contributed by atoms with Crippen molar-refractivity contribution in [3.63, 3.8) is 0 Å². The normalized spacial score (nSPS) is 25.3. The maximum absolute atomic E-state index is 10.3. The maximum atomic E-state index is 10.3. The van der Waals surface area contributed by atoms with Crippen LogP contribution >= 0.6 is 0 Å². The Kier molecular flexibility index (Phi) is 3.34. The van der Waals surface area contributed by atoms with E-state index in [0.29, 0.717) is 11.8 Å². The summed E-state index contributed by atoms with van der Waals surface area (Å²) in [5, 5.41) is 10.3. The minimum absolute atomic E-state index is 0.259. The van der Waals surface area contributed by atoms with Crippen LogP contribution in [0.1, 0.15) is 49.5 Å². The Bertz CT molecular complexity index is 368. The Labute approximate surface area is 98.5 Å². The number of aliphatic hydroxyl groups is 1. The van der Waals surface area contributed by atoms with Crippen LogP contribution in [0.25, 0.3) is 0 Å². The van der Waals surface area contributed by atoms with E-state index in [9.17, 15) is 5.11 Å². The molecule has 0 aliphatic heterocycles. The van der Waals surface area contributed by atoms with Gasteiger partial charge in [0.25, 0.3) is 0 Å². The predicted octanol–water partition coefficient (Wildman–Crippen LogP) is 3.64. The summed E-state index contributed by atoms with van der Waals surface area (Å²) in [6.07, 6.45) is 3.01. The van der Waals surface area contributed by atoms with Crippen molar-refractivity contribution in [1.29, 1.82) is 0 Å². The molecule has 1 N–H and O–H groups in total. The molecule has 1 aliphatic rings. The molecular formula is C15H22O. The fraction of sp³-hybridized carbons (Fsp3) is 0.600. The van der Waals surface area contributed by atoms with Crippen molar-refractivity contribution in [2.24, 2.45) is 11.8 Å². The van der Waals surface area contributed by atoms with Gasteiger partial charge in [-0.25, -0.2) is 0 Å². The molecule has 1 unspecified atom stereocenters. The lowest BCUT2D eigenvalue weighted by Gasteiger charge is -2.20. The van der Waals surface area contributed by atoms with Crippen LogP contribution in [-0.2, 0) is 6.42 Å². The number of aryl methyl sites for hydroxylation is 1. The molecule has 0 aromatic heterocycles. The van der Waals surface area contributed by atoms with Gasteiger partial charge < -0.3 is 5.11 Å². The van der Waals surface area contributed by atoms with Crippen molar-refractivity contribution < 1.29 is 5.11 Å². The second-order valence-corrected chi connectivity index (χ2v) is 5.44. The van der Waals surface area contributed by atoms with Gasteiger partial charge in [0, 0.05) is 0 Å². The lowest BCUT2D eigenvalue weighted by molar-refractivity contribution is 0.132. The first-order valence-electron chi connectivity index (χ1n) is 6.36. The molecule has 0 saturated heterocycles. The average Bonchev–Trinajstić information content (AvgIpc) is 2.40. The van der Waals surface area contributed by atoms with Crippen molar-refractivity contribution in [2.45, 2.75) is 46.1 Å². The van der Waals surface area contributed by atoms with Gasteiger partial charge in [-0.15, -0.1) is 0 Å². The Morgan fingerprint density at radius 2 is 2.06 bits per heavy atom. The SMILES string of the molecule is Cc1cccc2c1CC[C@H](C(C)C)CC2O. The molecule has 0 bridgehead atoms. The molecule has 0 amide bonds. The predicted molar refractivity (Wildman–Crippen MR) is 67.4 cm³/mol. The number of rotatable bonds is 1. The van der Waals surface area contributed by atoms with Crippen LogP contribution in [0.3, 0.4) is 0 Å². The van der Waals surface area contributed by atoms with E-state index in [2.05, 4.69) is 39.0 Å². The van der Waals surface area contributed by atoms with Gasteiger partial charge in [0.05, 0.1) is 6.10 Å². The summed E-state index contributed by atoms with van der Waals surface area (Å²) in [5.41, 5.74) is 3.89. The van der Waals surface area contributed by atoms with Gasteiger partial charge in [-0.1, -0.05) is 32.0 Å². The van der Waals surface area contributed by atoms with Crippen molar-refractivity contribution in [3.05, 3.63) is 34.9 Å². The highest BCUT2D eigenvalue weighted by Crippen LogP contribution is 2.36. The van der Waals surface area contributed by atoms with Gasteiger partial charge in [0.1, 0.15) is 0 Å². The molecule has 88 valence electrons. The van der Waals surface area contributed by atoms with Gasteiger partial charge in [-0.05, 0) is 54.7 Å². The second kappa shape index (κ2) is 4.58. The van der Waals surface area contributed by atoms with E-state index in [4.69, 9.17) is 0 Å². The Balaban J connectivity index is 2.32. The van der Waals surface area contributed by atoms with Crippen molar-refractivity contribution in [2.75, 3.05) is 0 Å². The molecule has 0 heterocycles. The van der Waals surface area contributed by atoms with E-state index in [0.717, 1.165) is 12.8 Å². The number of benzene rings is 1. The minimum atomic E-state index is -0.259. The molecule has 16 heavy (non-hydrogen) atoms. The largest absolute Gasteiger partial charge is 0.388 e. The van der Waals surface area contributed by atoms with Gasteiger partial charge in [-0.3, -0.25) is 0 Å². The summed E-state index contributed by atoms with van der Waals surface area (Å²) in [6, 6.07) is 6.31. The monoisotopic (exact) mass is 218 g/mol. The molecule has 1 aromatic carbocycles. The van der Waals surface area contributed by atoms with Gasteiger partial charge in [-0.2, -0.15) is 0 Å². The number of hydrogen-bond acceptors (Lipinski definition) is 1. The summed E-state index contributed by atoms with van der Waals surface area (Å²) >= 11 is 0. The number of hydrogen-bond donors (Lipinski definition) is 1. The summed E-state index contributed by atoms with van der Waals surface area (Å²) in [7, 11) is 0. The standard InChI is InChI=1S/C15H22O/c1-10(2)12-7-8-13-11(3)5-4-6-14(13)15(16)9-12/h4-6,10,12,15-16H,7-9H2,1-3H3/t12-,15?/m0/s1. The molecule has 2 rings (SSSR count). The summed E-state index contributed by atoms with van der Waals surface area (Å²) < 4.78 is 0. The highest BCUT2D eigenvalue weighted by atomic mass is 16.3. The van der Waals surface area contributed by atoms with Crippen LogP contribution in [0, 0.1) is 18.8 Å². The Morgan fingerprint density at radius 1 is 1.31 bits per heavy atom. The molecule has 1 aliphatic carbocycles. The Hall–Kier alpha value is -0.820. The third-order valence-corrected chi connectivity index (χ3v) is 4.04. The minimum Gasteiger partial charge on any atom is -0.388 e. The summed E-state index contributed by atoms with van der Waals surface area (Å²) in [4.78, 5) is 0. The highest BCUT2D eigenvalue weighted by molar-refractivity contribution is 5.36. The molecule has 0 radical (unpaired) electrons. The first kappa shape index (κ1) is 11.7. The third kappa shape index (κ3) is 2.15.